The summed E-state index contributed by atoms with van der Waals surface area (Å²) in [4.78, 5) is 46.3. The van der Waals surface area contributed by atoms with Crippen LogP contribution < -0.4 is 16.6 Å². The minimum atomic E-state index is -0.229. The van der Waals surface area contributed by atoms with Crippen molar-refractivity contribution in [1.29, 1.82) is 0 Å². The van der Waals surface area contributed by atoms with E-state index in [1.54, 1.807) is 59.0 Å². The molecule has 0 spiro atoms. The van der Waals surface area contributed by atoms with Crippen LogP contribution in [0.2, 0.25) is 5.02 Å². The van der Waals surface area contributed by atoms with E-state index in [1.165, 1.54) is 6.20 Å². The number of hydrogen-bond donors (Lipinski definition) is 2. The molecule has 0 unspecified atom stereocenters. The number of allylic oxidation sites excluding steroid dienone is 1. The molecule has 3 aromatic rings. The normalized spacial score (nSPS) is 17.1. The maximum Gasteiger partial charge on any atom is 0.261 e. The molecule has 5 rings (SSSR count). The number of amides is 2. The number of nitrogens with one attached hydrogen (secondary N) is 1. The van der Waals surface area contributed by atoms with Crippen LogP contribution in [0.5, 0.6) is 0 Å². The minimum Gasteiger partial charge on any atom is -0.404 e. The molecule has 2 aliphatic rings. The average Bonchev–Trinajstić information content (AvgIpc) is 3.77. The zero-order chi connectivity index (χ0) is 27.8. The van der Waals surface area contributed by atoms with E-state index < -0.39 is 0 Å². The summed E-state index contributed by atoms with van der Waals surface area (Å²) in [6.45, 7) is 2.12. The second-order valence-corrected chi connectivity index (χ2v) is 11.3. The van der Waals surface area contributed by atoms with Crippen LogP contribution in [0.4, 0.5) is 0 Å². The van der Waals surface area contributed by atoms with Crippen LogP contribution in [-0.2, 0) is 13.0 Å². The average molecular weight is 611 g/mol. The monoisotopic (exact) mass is 609 g/mol. The van der Waals surface area contributed by atoms with Gasteiger partial charge in [0.1, 0.15) is 5.82 Å². The lowest BCUT2D eigenvalue weighted by atomic mass is 9.97. The van der Waals surface area contributed by atoms with Gasteiger partial charge in [0.05, 0.1) is 22.9 Å². The maximum absolute atomic E-state index is 14.1. The van der Waals surface area contributed by atoms with Crippen molar-refractivity contribution in [3.8, 4) is 5.69 Å². The van der Waals surface area contributed by atoms with E-state index in [0.717, 1.165) is 18.4 Å². The van der Waals surface area contributed by atoms with Crippen LogP contribution in [0.3, 0.4) is 0 Å². The third-order valence-electron chi connectivity index (χ3n) is 7.35. The highest BCUT2D eigenvalue weighted by Crippen LogP contribution is 2.38. The molecule has 2 amide bonds. The van der Waals surface area contributed by atoms with Gasteiger partial charge in [0, 0.05) is 46.0 Å². The Labute approximate surface area is 240 Å². The van der Waals surface area contributed by atoms with Crippen molar-refractivity contribution in [1.82, 2.24) is 19.8 Å². The summed E-state index contributed by atoms with van der Waals surface area (Å²) in [7, 11) is 1.57. The van der Waals surface area contributed by atoms with Gasteiger partial charge in [0.25, 0.3) is 17.4 Å². The van der Waals surface area contributed by atoms with Gasteiger partial charge in [-0.3, -0.25) is 19.0 Å². The number of aromatic nitrogens is 2. The van der Waals surface area contributed by atoms with E-state index in [0.29, 0.717) is 62.2 Å². The molecule has 0 saturated heterocycles. The third kappa shape index (κ3) is 5.38. The van der Waals surface area contributed by atoms with E-state index >= 15 is 0 Å². The number of rotatable bonds is 6. The molecule has 1 fully saturated rings. The molecule has 1 aliphatic heterocycles. The van der Waals surface area contributed by atoms with Crippen molar-refractivity contribution in [2.75, 3.05) is 7.05 Å². The second-order valence-electron chi connectivity index (χ2n) is 10.1. The summed E-state index contributed by atoms with van der Waals surface area (Å²) in [6, 6.07) is 11.7. The lowest BCUT2D eigenvalue weighted by Crippen LogP contribution is -2.46. The summed E-state index contributed by atoms with van der Waals surface area (Å²) in [5.41, 5.74) is 9.38. The minimum absolute atomic E-state index is 0.174. The Morgan fingerprint density at radius 1 is 1.18 bits per heavy atom. The number of benzene rings is 2. The molecule has 1 saturated carbocycles. The number of carbonyl (C=O) groups is 2. The number of halogens is 2. The van der Waals surface area contributed by atoms with Gasteiger partial charge in [-0.05, 0) is 96.9 Å². The van der Waals surface area contributed by atoms with Crippen LogP contribution in [0, 0.1) is 5.92 Å². The molecule has 3 N–H and O–H groups in total. The quantitative estimate of drug-likeness (QED) is 0.421. The number of fused-ring (bicyclic) bond motifs is 1. The SMILES string of the molecule is CNC(=O)c1ccc(-n2c(C(=CN)CC3CC3)nc3c(c2=O)C[C@@H](C)N(C(=O)c2ccc(Br)c(Cl)c2)C3)cc1. The molecule has 2 heterocycles. The van der Waals surface area contributed by atoms with Crippen LogP contribution in [0.15, 0.2) is 57.9 Å². The van der Waals surface area contributed by atoms with E-state index in [4.69, 9.17) is 22.3 Å². The Kier molecular flexibility index (Phi) is 7.64. The van der Waals surface area contributed by atoms with Crippen LogP contribution in [0.25, 0.3) is 11.3 Å². The Morgan fingerprint density at radius 2 is 1.87 bits per heavy atom. The van der Waals surface area contributed by atoms with E-state index in [9.17, 15) is 14.4 Å². The van der Waals surface area contributed by atoms with Gasteiger partial charge in [0.2, 0.25) is 0 Å². The first-order valence-corrected chi connectivity index (χ1v) is 14.0. The molecule has 10 heteroatoms. The van der Waals surface area contributed by atoms with Crippen molar-refractivity contribution in [2.24, 2.45) is 11.7 Å². The summed E-state index contributed by atoms with van der Waals surface area (Å²) >= 11 is 9.62. The van der Waals surface area contributed by atoms with Gasteiger partial charge < -0.3 is 16.0 Å². The van der Waals surface area contributed by atoms with Crippen molar-refractivity contribution in [3.63, 3.8) is 0 Å². The van der Waals surface area contributed by atoms with Gasteiger partial charge in [-0.2, -0.15) is 0 Å². The number of nitrogens with two attached hydrogens (primary N) is 1. The maximum atomic E-state index is 14.1. The highest BCUT2D eigenvalue weighted by molar-refractivity contribution is 9.10. The summed E-state index contributed by atoms with van der Waals surface area (Å²) in [6.07, 6.45) is 4.83. The molecule has 8 nitrogen and oxygen atoms in total. The lowest BCUT2D eigenvalue weighted by Gasteiger charge is -2.35. The molecular weight excluding hydrogens is 582 g/mol. The molecule has 39 heavy (non-hydrogen) atoms. The summed E-state index contributed by atoms with van der Waals surface area (Å²) < 4.78 is 2.30. The molecule has 202 valence electrons. The fourth-order valence-electron chi connectivity index (χ4n) is 4.95. The van der Waals surface area contributed by atoms with Crippen molar-refractivity contribution in [2.45, 2.75) is 45.2 Å². The van der Waals surface area contributed by atoms with E-state index in [-0.39, 0.29) is 30.0 Å². The molecule has 1 atom stereocenters. The summed E-state index contributed by atoms with van der Waals surface area (Å²) in [5, 5.41) is 3.06. The topological polar surface area (TPSA) is 110 Å². The highest BCUT2D eigenvalue weighted by atomic mass is 79.9. The Morgan fingerprint density at radius 3 is 2.49 bits per heavy atom. The second kappa shape index (κ2) is 11.0. The van der Waals surface area contributed by atoms with E-state index in [1.807, 2.05) is 6.92 Å². The van der Waals surface area contributed by atoms with Crippen LogP contribution in [0.1, 0.15) is 64.0 Å². The summed E-state index contributed by atoms with van der Waals surface area (Å²) in [5.74, 6) is 0.596. The van der Waals surface area contributed by atoms with Gasteiger partial charge >= 0.3 is 0 Å². The van der Waals surface area contributed by atoms with Gasteiger partial charge in [0.15, 0.2) is 0 Å². The Hall–Kier alpha value is -3.43. The molecule has 2 aromatic carbocycles. The molecule has 0 bridgehead atoms. The first-order chi connectivity index (χ1) is 18.7. The fourth-order valence-corrected chi connectivity index (χ4v) is 5.38. The van der Waals surface area contributed by atoms with Crippen molar-refractivity contribution < 1.29 is 9.59 Å². The highest BCUT2D eigenvalue weighted by Gasteiger charge is 2.33. The lowest BCUT2D eigenvalue weighted by molar-refractivity contribution is 0.0652. The smallest absolute Gasteiger partial charge is 0.261 e. The van der Waals surface area contributed by atoms with Gasteiger partial charge in [-0.1, -0.05) is 11.6 Å². The molecule has 1 aromatic heterocycles. The van der Waals surface area contributed by atoms with Crippen LogP contribution >= 0.6 is 27.5 Å². The van der Waals surface area contributed by atoms with Gasteiger partial charge in [-0.15, -0.1) is 0 Å². The largest absolute Gasteiger partial charge is 0.404 e. The zero-order valence-corrected chi connectivity index (χ0v) is 24.1. The Balaban J connectivity index is 1.59. The molecular formula is C29H29BrClN5O3. The molecule has 1 aliphatic carbocycles. The molecule has 0 radical (unpaired) electrons. The number of carbonyl (C=O) groups excluding carboxylic acids is 2. The third-order valence-corrected chi connectivity index (χ3v) is 8.58. The fraction of sp³-hybridized carbons (Fsp3) is 0.310. The first-order valence-electron chi connectivity index (χ1n) is 12.9. The predicted molar refractivity (Wildman–Crippen MR) is 155 cm³/mol. The van der Waals surface area contributed by atoms with Crippen LogP contribution in [-0.4, -0.2) is 39.4 Å². The van der Waals surface area contributed by atoms with Gasteiger partial charge in [-0.25, -0.2) is 4.98 Å². The van der Waals surface area contributed by atoms with E-state index in [2.05, 4.69) is 21.2 Å². The number of nitrogens with zero attached hydrogens (tertiary/aromatic N) is 3. The van der Waals surface area contributed by atoms with Crippen molar-refractivity contribution in [3.05, 3.63) is 96.7 Å². The standard InChI is InChI=1S/C29H29BrClN5O3/c1-16-11-22-25(15-35(16)28(38)19-7-10-23(30)24(31)13-19)34-26(20(14-32)12-17-3-4-17)36(29(22)39)21-8-5-18(6-9-21)27(37)33-2/h5-10,13-14,16-17H,3-4,11-12,15,32H2,1-2H3,(H,33,37)/t16-/m1/s1. The number of hydrogen-bond acceptors (Lipinski definition) is 5. The first kappa shape index (κ1) is 27.1. The predicted octanol–water partition coefficient (Wildman–Crippen LogP) is 4.69. The Bertz CT molecular complexity index is 1550. The zero-order valence-electron chi connectivity index (χ0n) is 21.7. The van der Waals surface area contributed by atoms with Crippen molar-refractivity contribution >= 4 is 44.9 Å².